The first-order valence-corrected chi connectivity index (χ1v) is 9.08. The number of carbonyl (C=O) groups excluding carboxylic acids is 1. The quantitative estimate of drug-likeness (QED) is 0.605. The first kappa shape index (κ1) is 18.4. The summed E-state index contributed by atoms with van der Waals surface area (Å²) in [4.78, 5) is 14.1. The Kier molecular flexibility index (Phi) is 5.80. The van der Waals surface area contributed by atoms with Gasteiger partial charge in [0.05, 0.1) is 45.5 Å². The summed E-state index contributed by atoms with van der Waals surface area (Å²) < 4.78 is 31.0. The Morgan fingerprint density at radius 3 is 2.19 bits per heavy atom. The molecule has 124 valence electrons. The van der Waals surface area contributed by atoms with E-state index in [4.69, 9.17) is 4.55 Å². The topological polar surface area (TPSA) is 74.7 Å². The highest BCUT2D eigenvalue weighted by Gasteiger charge is 2.31. The maximum atomic E-state index is 12.2. The van der Waals surface area contributed by atoms with Crippen molar-refractivity contribution in [2.45, 2.75) is 33.6 Å². The van der Waals surface area contributed by atoms with Crippen molar-refractivity contribution in [2.24, 2.45) is 5.41 Å². The minimum atomic E-state index is -3.87. The fourth-order valence-electron chi connectivity index (χ4n) is 2.62. The highest BCUT2D eigenvalue weighted by Crippen LogP contribution is 2.21. The zero-order valence-electron chi connectivity index (χ0n) is 13.6. The predicted molar refractivity (Wildman–Crippen MR) is 82.5 cm³/mol. The fourth-order valence-corrected chi connectivity index (χ4v) is 3.11. The van der Waals surface area contributed by atoms with Gasteiger partial charge in [-0.1, -0.05) is 20.8 Å². The fraction of sp³-hybridized carbons (Fsp3) is 0.929. The molecule has 1 amide bonds. The van der Waals surface area contributed by atoms with E-state index in [1.165, 1.54) is 0 Å². The molecule has 1 fully saturated rings. The van der Waals surface area contributed by atoms with Crippen molar-refractivity contribution in [3.05, 3.63) is 0 Å². The van der Waals surface area contributed by atoms with Crippen LogP contribution >= 0.6 is 0 Å². The van der Waals surface area contributed by atoms with Gasteiger partial charge in [0, 0.05) is 12.8 Å². The molecule has 0 saturated carbocycles. The van der Waals surface area contributed by atoms with Crippen LogP contribution in [-0.4, -0.2) is 73.8 Å². The SMILES string of the molecule is CC(C)(C)CC(=O)N1CC[N+](C)(CCCS(=O)(=O)O)CC1. The molecule has 0 radical (unpaired) electrons. The average Bonchev–Trinajstić information content (AvgIpc) is 2.25. The minimum absolute atomic E-state index is 0.00216. The largest absolute Gasteiger partial charge is 0.331 e. The van der Waals surface area contributed by atoms with Gasteiger partial charge >= 0.3 is 0 Å². The second-order valence-corrected chi connectivity index (χ2v) is 9.12. The molecule has 0 bridgehead atoms. The molecule has 0 unspecified atom stereocenters. The van der Waals surface area contributed by atoms with Gasteiger partial charge in [-0.05, 0) is 5.41 Å². The Bertz CT molecular complexity index is 460. The third kappa shape index (κ3) is 7.24. The zero-order valence-corrected chi connectivity index (χ0v) is 14.4. The third-order valence-corrected chi connectivity index (χ3v) is 4.76. The molecule has 1 N–H and O–H groups in total. The van der Waals surface area contributed by atoms with Gasteiger partial charge < -0.3 is 9.38 Å². The maximum absolute atomic E-state index is 12.2. The second kappa shape index (κ2) is 6.62. The summed E-state index contributed by atoms with van der Waals surface area (Å²) in [6.07, 6.45) is 1.00. The molecule has 0 aromatic carbocycles. The van der Waals surface area contributed by atoms with Gasteiger partial charge in [0.1, 0.15) is 0 Å². The number of likely N-dealkylation sites (N-methyl/N-ethyl adjacent to an activating group) is 1. The highest BCUT2D eigenvalue weighted by molar-refractivity contribution is 7.85. The Morgan fingerprint density at radius 1 is 1.24 bits per heavy atom. The zero-order chi connectivity index (χ0) is 16.3. The lowest BCUT2D eigenvalue weighted by Crippen LogP contribution is -2.59. The molecule has 1 saturated heterocycles. The van der Waals surface area contributed by atoms with E-state index in [9.17, 15) is 13.2 Å². The number of hydrogen-bond donors (Lipinski definition) is 1. The van der Waals surface area contributed by atoms with E-state index in [0.29, 0.717) is 19.4 Å². The Hall–Kier alpha value is -0.660. The minimum Gasteiger partial charge on any atom is -0.331 e. The molecule has 0 spiro atoms. The van der Waals surface area contributed by atoms with Gasteiger partial charge in [0.2, 0.25) is 5.91 Å². The lowest BCUT2D eigenvalue weighted by atomic mass is 9.91. The van der Waals surface area contributed by atoms with Gasteiger partial charge in [-0.25, -0.2) is 0 Å². The van der Waals surface area contributed by atoms with Gasteiger partial charge in [-0.2, -0.15) is 8.42 Å². The molecule has 0 aromatic rings. The molecule has 1 rings (SSSR count). The second-order valence-electron chi connectivity index (χ2n) is 7.55. The molecule has 1 aliphatic rings. The Morgan fingerprint density at radius 2 is 1.76 bits per heavy atom. The number of nitrogens with zero attached hydrogens (tertiary/aromatic N) is 2. The average molecular weight is 321 g/mol. The summed E-state index contributed by atoms with van der Waals surface area (Å²) in [5.74, 6) is 0.0136. The van der Waals surface area contributed by atoms with Gasteiger partial charge in [-0.15, -0.1) is 0 Å². The summed E-state index contributed by atoms with van der Waals surface area (Å²) in [7, 11) is -1.79. The number of amides is 1. The van der Waals surface area contributed by atoms with Crippen LogP contribution in [0.3, 0.4) is 0 Å². The molecule has 0 aliphatic carbocycles. The van der Waals surface area contributed by atoms with Crippen LogP contribution in [0.15, 0.2) is 0 Å². The molecule has 1 heterocycles. The predicted octanol–water partition coefficient (Wildman–Crippen LogP) is 0.989. The smallest absolute Gasteiger partial charge is 0.265 e. The van der Waals surface area contributed by atoms with Crippen molar-refractivity contribution < 1.29 is 22.2 Å². The van der Waals surface area contributed by atoms with Crippen molar-refractivity contribution in [1.82, 2.24) is 4.90 Å². The lowest BCUT2D eigenvalue weighted by molar-refractivity contribution is -0.913. The molecule has 1 aliphatic heterocycles. The summed E-state index contributed by atoms with van der Waals surface area (Å²) in [5, 5.41) is 0. The number of piperazine rings is 1. The van der Waals surface area contributed by atoms with Gasteiger partial charge in [0.15, 0.2) is 0 Å². The van der Waals surface area contributed by atoms with Crippen molar-refractivity contribution in [3.8, 4) is 0 Å². The van der Waals surface area contributed by atoms with Crippen LogP contribution in [0, 0.1) is 5.41 Å². The van der Waals surface area contributed by atoms with Gasteiger partial charge in [-0.3, -0.25) is 9.35 Å². The summed E-state index contributed by atoms with van der Waals surface area (Å²) in [6.45, 7) is 10.00. The normalized spacial score (nSPS) is 19.6. The van der Waals surface area contributed by atoms with Crippen LogP contribution in [-0.2, 0) is 14.9 Å². The molecular weight excluding hydrogens is 292 g/mol. The molecule has 6 nitrogen and oxygen atoms in total. The number of rotatable bonds is 5. The Balaban J connectivity index is 2.42. The molecular formula is C14H29N2O4S+. The summed E-state index contributed by atoms with van der Waals surface area (Å²) >= 11 is 0. The van der Waals surface area contributed by atoms with E-state index in [0.717, 1.165) is 30.7 Å². The van der Waals surface area contributed by atoms with Crippen molar-refractivity contribution in [3.63, 3.8) is 0 Å². The molecule has 7 heteroatoms. The van der Waals surface area contributed by atoms with E-state index in [1.54, 1.807) is 0 Å². The Labute approximate surface area is 128 Å². The van der Waals surface area contributed by atoms with E-state index in [-0.39, 0.29) is 17.1 Å². The lowest BCUT2D eigenvalue weighted by Gasteiger charge is -2.42. The van der Waals surface area contributed by atoms with Crippen molar-refractivity contribution >= 4 is 16.0 Å². The van der Waals surface area contributed by atoms with Gasteiger partial charge in [0.25, 0.3) is 10.1 Å². The molecule has 0 atom stereocenters. The molecule has 21 heavy (non-hydrogen) atoms. The van der Waals surface area contributed by atoms with Crippen LogP contribution in [0.5, 0.6) is 0 Å². The van der Waals surface area contributed by atoms with E-state index in [1.807, 2.05) is 4.90 Å². The number of hydrogen-bond acceptors (Lipinski definition) is 3. The molecule has 0 aromatic heterocycles. The first-order valence-electron chi connectivity index (χ1n) is 7.47. The van der Waals surface area contributed by atoms with E-state index >= 15 is 0 Å². The standard InChI is InChI=1S/C14H28N2O4S/c1-14(2,3)12-13(17)15-6-9-16(4,10-7-15)8-5-11-21(18,19)20/h5-12H2,1-4H3/p+1. The summed E-state index contributed by atoms with van der Waals surface area (Å²) in [6, 6.07) is 0. The first-order chi connectivity index (χ1) is 9.40. The van der Waals surface area contributed by atoms with Crippen LogP contribution < -0.4 is 0 Å². The van der Waals surface area contributed by atoms with Crippen LogP contribution in [0.1, 0.15) is 33.6 Å². The maximum Gasteiger partial charge on any atom is 0.265 e. The number of quaternary nitrogens is 1. The van der Waals surface area contributed by atoms with Crippen molar-refractivity contribution in [1.29, 1.82) is 0 Å². The van der Waals surface area contributed by atoms with E-state index < -0.39 is 10.1 Å². The third-order valence-electron chi connectivity index (χ3n) is 3.95. The van der Waals surface area contributed by atoms with E-state index in [2.05, 4.69) is 27.8 Å². The number of carbonyl (C=O) groups is 1. The van der Waals surface area contributed by atoms with Crippen LogP contribution in [0.4, 0.5) is 0 Å². The van der Waals surface area contributed by atoms with Crippen LogP contribution in [0.25, 0.3) is 0 Å². The monoisotopic (exact) mass is 321 g/mol. The summed E-state index contributed by atoms with van der Waals surface area (Å²) in [5.41, 5.74) is 0.00216. The van der Waals surface area contributed by atoms with Crippen LogP contribution in [0.2, 0.25) is 0 Å². The van der Waals surface area contributed by atoms with Crippen molar-refractivity contribution in [2.75, 3.05) is 45.5 Å². The highest BCUT2D eigenvalue weighted by atomic mass is 32.2.